The second-order valence-electron chi connectivity index (χ2n) is 9.96. The van der Waals surface area contributed by atoms with Crippen LogP contribution < -0.4 is 10.0 Å². The predicted molar refractivity (Wildman–Crippen MR) is 141 cm³/mol. The fraction of sp³-hybridized carbons (Fsp3) is 0.391. The largest absolute Gasteiger partial charge is 0.411 e. The first-order valence-corrected chi connectivity index (χ1v) is 14.8. The number of benzene rings is 2. The molecule has 0 radical (unpaired) electrons. The lowest BCUT2D eigenvalue weighted by molar-refractivity contribution is 0.261. The number of anilines is 1. The van der Waals surface area contributed by atoms with Gasteiger partial charge in [0.05, 0.1) is 18.5 Å². The zero-order chi connectivity index (χ0) is 24.2. The summed E-state index contributed by atoms with van der Waals surface area (Å²) in [6.07, 6.45) is 3.20. The molecule has 0 fully saturated rings. The number of imidazole rings is 1. The van der Waals surface area contributed by atoms with Crippen molar-refractivity contribution >= 4 is 65.3 Å². The molecule has 0 saturated carbocycles. The molecule has 1 aliphatic heterocycles. The summed E-state index contributed by atoms with van der Waals surface area (Å²) >= 11 is 2.06. The van der Waals surface area contributed by atoms with Gasteiger partial charge in [0.2, 0.25) is 17.8 Å². The van der Waals surface area contributed by atoms with Gasteiger partial charge < -0.3 is 8.99 Å². The van der Waals surface area contributed by atoms with Gasteiger partial charge in [-0.15, -0.1) is 4.59 Å². The molecule has 2 heterocycles. The van der Waals surface area contributed by atoms with Crippen LogP contribution >= 0.6 is 22.6 Å². The molecule has 33 heavy (non-hydrogen) atoms. The van der Waals surface area contributed by atoms with Crippen molar-refractivity contribution in [1.29, 1.82) is 0 Å². The highest BCUT2D eigenvalue weighted by Crippen LogP contribution is 2.44. The molecule has 0 amide bonds. The Morgan fingerprint density at radius 1 is 1.21 bits per heavy atom. The van der Waals surface area contributed by atoms with Gasteiger partial charge in [0.25, 0.3) is 0 Å². The van der Waals surface area contributed by atoms with E-state index in [1.165, 1.54) is 6.07 Å². The molecule has 1 unspecified atom stereocenters. The smallest absolute Gasteiger partial charge is 0.227 e. The van der Waals surface area contributed by atoms with E-state index in [0.29, 0.717) is 30.0 Å². The Morgan fingerprint density at radius 2 is 1.94 bits per heavy atom. The molecule has 1 N–H and O–H groups in total. The maximum Gasteiger partial charge on any atom is 0.227 e. The zero-order valence-corrected chi connectivity index (χ0v) is 22.9. The van der Waals surface area contributed by atoms with Gasteiger partial charge in [0.1, 0.15) is 23.4 Å². The van der Waals surface area contributed by atoms with Crippen LogP contribution in [0.1, 0.15) is 20.8 Å². The molecule has 4 rings (SSSR count). The fourth-order valence-electron chi connectivity index (χ4n) is 3.66. The van der Waals surface area contributed by atoms with Gasteiger partial charge in [0, 0.05) is 10.6 Å². The van der Waals surface area contributed by atoms with E-state index in [0.717, 1.165) is 3.57 Å². The topological polar surface area (TPSA) is 51.4 Å². The highest BCUT2D eigenvalue weighted by Gasteiger charge is 2.44. The number of rotatable bonds is 6. The van der Waals surface area contributed by atoms with Crippen molar-refractivity contribution in [3.63, 3.8) is 0 Å². The summed E-state index contributed by atoms with van der Waals surface area (Å²) in [5.74, 6) is -0.878. The van der Waals surface area contributed by atoms with Gasteiger partial charge >= 0.3 is 0 Å². The molecule has 1 aromatic heterocycles. The molecular formula is C23H29F2IN5OSi+. The Kier molecular flexibility index (Phi) is 6.17. The van der Waals surface area contributed by atoms with Gasteiger partial charge in [-0.2, -0.15) is 9.38 Å². The standard InChI is InChI=1S/C23H29F2IN5OSi/c1-23(2,3)33(5,6)32-10-9-31(29-17-8-7-15(26)11-16(17)24)14-28-18-12-19-21(20(25)22(18)31)27-13-30(19)4/h7-8,11-14,29H,9-10H2,1-6H3/q+1. The molecule has 10 heteroatoms. The normalized spacial score (nSPS) is 18.2. The number of aryl methyl sites for hydroxylation is 1. The summed E-state index contributed by atoms with van der Waals surface area (Å²) in [5, 5.41) is 0.0376. The number of aliphatic imine (C=N–C) groups is 1. The number of halogens is 3. The molecule has 0 aliphatic carbocycles. The van der Waals surface area contributed by atoms with Crippen LogP contribution in [0.2, 0.25) is 18.1 Å². The fourth-order valence-corrected chi connectivity index (χ4v) is 5.15. The van der Waals surface area contributed by atoms with Crippen molar-refractivity contribution in [3.8, 4) is 0 Å². The molecule has 1 atom stereocenters. The number of hydrogen-bond acceptors (Lipinski definition) is 4. The van der Waals surface area contributed by atoms with E-state index in [9.17, 15) is 4.39 Å². The minimum Gasteiger partial charge on any atom is -0.411 e. The average molecular weight is 585 g/mol. The van der Waals surface area contributed by atoms with Crippen molar-refractivity contribution in [2.24, 2.45) is 12.0 Å². The van der Waals surface area contributed by atoms with Crippen LogP contribution in [0.25, 0.3) is 11.0 Å². The highest BCUT2D eigenvalue weighted by molar-refractivity contribution is 14.1. The Labute approximate surface area is 207 Å². The minimum absolute atomic E-state index is 0.0376. The van der Waals surface area contributed by atoms with E-state index in [1.807, 2.05) is 13.1 Å². The van der Waals surface area contributed by atoms with Gasteiger partial charge in [-0.3, -0.25) is 0 Å². The van der Waals surface area contributed by atoms with E-state index in [-0.39, 0.29) is 20.8 Å². The molecule has 2 aromatic carbocycles. The van der Waals surface area contributed by atoms with Crippen LogP contribution in [-0.2, 0) is 11.5 Å². The van der Waals surface area contributed by atoms with Crippen LogP contribution in [0, 0.1) is 15.2 Å². The van der Waals surface area contributed by atoms with Gasteiger partial charge in [-0.05, 0) is 65.0 Å². The maximum atomic E-state index is 15.9. The van der Waals surface area contributed by atoms with Gasteiger partial charge in [-0.25, -0.2) is 14.8 Å². The molecule has 3 aromatic rings. The summed E-state index contributed by atoms with van der Waals surface area (Å²) < 4.78 is 39.4. The second-order valence-corrected chi connectivity index (χ2v) is 16.0. The predicted octanol–water partition coefficient (Wildman–Crippen LogP) is 6.49. The third-order valence-electron chi connectivity index (χ3n) is 6.67. The quantitative estimate of drug-likeness (QED) is 0.205. The number of aromatic nitrogens is 2. The number of nitrogens with one attached hydrogen (secondary N) is 1. The van der Waals surface area contributed by atoms with Gasteiger partial charge in [0.15, 0.2) is 14.1 Å². The first-order valence-electron chi connectivity index (χ1n) is 10.8. The lowest BCUT2D eigenvalue weighted by atomic mass is 10.2. The Bertz CT molecular complexity index is 1250. The Hall–Kier alpha value is -1.89. The van der Waals surface area contributed by atoms with E-state index in [4.69, 9.17) is 4.43 Å². The van der Waals surface area contributed by atoms with Crippen LogP contribution in [-0.4, -0.2) is 37.4 Å². The number of fused-ring (bicyclic) bond motifs is 2. The summed E-state index contributed by atoms with van der Waals surface area (Å²) in [6, 6.07) is 6.73. The average Bonchev–Trinajstić information content (AvgIpc) is 3.25. The van der Waals surface area contributed by atoms with Crippen LogP contribution in [0.4, 0.5) is 25.8 Å². The van der Waals surface area contributed by atoms with Gasteiger partial charge in [-0.1, -0.05) is 20.8 Å². The summed E-state index contributed by atoms with van der Waals surface area (Å²) in [7, 11) is -0.219. The molecular weight excluding hydrogens is 555 g/mol. The third-order valence-corrected chi connectivity index (χ3v) is 11.9. The SMILES string of the molecule is Cn1cnc2c(F)c3c(cc21)N=C[N+]3(CCO[Si](C)(C)C(C)(C)C)Nc1ccc(I)cc1F. The van der Waals surface area contributed by atoms with E-state index in [1.54, 1.807) is 29.4 Å². The van der Waals surface area contributed by atoms with Crippen molar-refractivity contribution in [2.75, 3.05) is 18.6 Å². The Morgan fingerprint density at radius 3 is 2.61 bits per heavy atom. The summed E-state index contributed by atoms with van der Waals surface area (Å²) in [5.41, 5.74) is 5.21. The summed E-state index contributed by atoms with van der Waals surface area (Å²) in [4.78, 5) is 8.77. The summed E-state index contributed by atoms with van der Waals surface area (Å²) in [6.45, 7) is 11.6. The lowest BCUT2D eigenvalue weighted by Gasteiger charge is -2.37. The van der Waals surface area contributed by atoms with E-state index in [2.05, 4.69) is 71.9 Å². The molecule has 6 nitrogen and oxygen atoms in total. The molecule has 1 aliphatic rings. The van der Waals surface area contributed by atoms with Crippen molar-refractivity contribution in [1.82, 2.24) is 14.1 Å². The maximum absolute atomic E-state index is 15.9. The van der Waals surface area contributed by atoms with Crippen LogP contribution in [0.15, 0.2) is 35.6 Å². The van der Waals surface area contributed by atoms with E-state index >= 15 is 4.39 Å². The van der Waals surface area contributed by atoms with E-state index < -0.39 is 20.0 Å². The second kappa shape index (κ2) is 8.40. The zero-order valence-electron chi connectivity index (χ0n) is 19.7. The van der Waals surface area contributed by atoms with Crippen molar-refractivity contribution in [2.45, 2.75) is 38.9 Å². The highest BCUT2D eigenvalue weighted by atomic mass is 127. The molecule has 176 valence electrons. The number of hydrogen-bond donors (Lipinski definition) is 1. The molecule has 0 spiro atoms. The van der Waals surface area contributed by atoms with Crippen molar-refractivity contribution in [3.05, 3.63) is 45.8 Å². The lowest BCUT2D eigenvalue weighted by Crippen LogP contribution is -2.55. The monoisotopic (exact) mass is 584 g/mol. The number of nitrogens with zero attached hydrogens (tertiary/aromatic N) is 4. The molecule has 0 bridgehead atoms. The van der Waals surface area contributed by atoms with Crippen LogP contribution in [0.3, 0.4) is 0 Å². The Balaban J connectivity index is 1.77. The first-order chi connectivity index (χ1) is 15.3. The number of quaternary nitrogens is 1. The first kappa shape index (κ1) is 24.2. The third kappa shape index (κ3) is 4.33. The van der Waals surface area contributed by atoms with Crippen molar-refractivity contribution < 1.29 is 13.2 Å². The minimum atomic E-state index is -2.03. The molecule has 0 saturated heterocycles. The van der Waals surface area contributed by atoms with Crippen LogP contribution in [0.5, 0.6) is 0 Å².